The summed E-state index contributed by atoms with van der Waals surface area (Å²) in [6.07, 6.45) is 8.28. The Hall–Kier alpha value is -0.300. The van der Waals surface area contributed by atoms with Gasteiger partial charge in [0.15, 0.2) is 0 Å². The summed E-state index contributed by atoms with van der Waals surface area (Å²) < 4.78 is 0. The molecule has 1 nitrogen and oxygen atoms in total. The monoisotopic (exact) mass is 169 g/mol. The lowest BCUT2D eigenvalue weighted by atomic mass is 10.1. The molecule has 0 amide bonds. The quantitative estimate of drug-likeness (QED) is 0.456. The van der Waals surface area contributed by atoms with E-state index in [1.807, 2.05) is 0 Å². The minimum Gasteiger partial charge on any atom is -0.313 e. The van der Waals surface area contributed by atoms with Crippen LogP contribution in [0.25, 0.3) is 0 Å². The molecule has 1 heteroatoms. The second kappa shape index (κ2) is 8.79. The van der Waals surface area contributed by atoms with Crippen molar-refractivity contribution in [3.63, 3.8) is 0 Å². The molecule has 0 aromatic carbocycles. The first-order valence-electron chi connectivity index (χ1n) is 5.09. The fraction of sp³-hybridized carbons (Fsp3) is 0.818. The van der Waals surface area contributed by atoms with Crippen LogP contribution in [0.4, 0.5) is 0 Å². The maximum absolute atomic E-state index is 3.37. The van der Waals surface area contributed by atoms with Gasteiger partial charge < -0.3 is 5.32 Å². The fourth-order valence-electron chi connectivity index (χ4n) is 1.11. The smallest absolute Gasteiger partial charge is 0.0134 e. The van der Waals surface area contributed by atoms with Gasteiger partial charge in [0.05, 0.1) is 0 Å². The van der Waals surface area contributed by atoms with Crippen molar-refractivity contribution < 1.29 is 0 Å². The highest BCUT2D eigenvalue weighted by Crippen LogP contribution is 2.04. The molecule has 0 radical (unpaired) electrons. The minimum atomic E-state index is 0.862. The summed E-state index contributed by atoms with van der Waals surface area (Å²) >= 11 is 0. The minimum absolute atomic E-state index is 0.862. The molecule has 0 aromatic rings. The Kier molecular flexibility index (Phi) is 8.57. The fourth-order valence-corrected chi connectivity index (χ4v) is 1.11. The Bertz CT molecular complexity index is 106. The number of nitrogens with one attached hydrogen (secondary N) is 1. The Morgan fingerprint density at radius 3 is 2.58 bits per heavy atom. The highest BCUT2D eigenvalue weighted by atomic mass is 14.8. The van der Waals surface area contributed by atoms with E-state index in [1.165, 1.54) is 19.3 Å². The SMILES string of the molecule is C/C=C/CNCCCCC(C)C. The largest absolute Gasteiger partial charge is 0.313 e. The van der Waals surface area contributed by atoms with Crippen LogP contribution in [-0.4, -0.2) is 13.1 Å². The number of hydrogen-bond donors (Lipinski definition) is 1. The van der Waals surface area contributed by atoms with E-state index in [9.17, 15) is 0 Å². The lowest BCUT2D eigenvalue weighted by molar-refractivity contribution is 0.527. The molecule has 0 rings (SSSR count). The van der Waals surface area contributed by atoms with E-state index in [0.29, 0.717) is 0 Å². The Morgan fingerprint density at radius 2 is 2.00 bits per heavy atom. The predicted octanol–water partition coefficient (Wildman–Crippen LogP) is 2.98. The van der Waals surface area contributed by atoms with E-state index in [2.05, 4.69) is 38.2 Å². The second-order valence-corrected chi connectivity index (χ2v) is 3.66. The summed E-state index contributed by atoms with van der Waals surface area (Å²) in [6, 6.07) is 0. The Labute approximate surface area is 77.2 Å². The average Bonchev–Trinajstić information content (AvgIpc) is 2.02. The molecule has 12 heavy (non-hydrogen) atoms. The summed E-state index contributed by atoms with van der Waals surface area (Å²) in [5, 5.41) is 3.37. The molecule has 0 aliphatic rings. The first-order chi connectivity index (χ1) is 5.77. The van der Waals surface area contributed by atoms with E-state index in [1.54, 1.807) is 0 Å². The zero-order valence-corrected chi connectivity index (χ0v) is 8.77. The van der Waals surface area contributed by atoms with Crippen LogP contribution in [0.15, 0.2) is 12.2 Å². The van der Waals surface area contributed by atoms with Crippen molar-refractivity contribution >= 4 is 0 Å². The zero-order valence-electron chi connectivity index (χ0n) is 8.77. The summed E-state index contributed by atoms with van der Waals surface area (Å²) in [5.41, 5.74) is 0. The molecule has 0 unspecified atom stereocenters. The van der Waals surface area contributed by atoms with Crippen LogP contribution in [-0.2, 0) is 0 Å². The van der Waals surface area contributed by atoms with Gasteiger partial charge in [-0.1, -0.05) is 38.8 Å². The summed E-state index contributed by atoms with van der Waals surface area (Å²) in [5.74, 6) is 0.862. The van der Waals surface area contributed by atoms with Crippen molar-refractivity contribution in [3.8, 4) is 0 Å². The molecule has 0 aliphatic heterocycles. The van der Waals surface area contributed by atoms with Gasteiger partial charge in [-0.25, -0.2) is 0 Å². The first kappa shape index (κ1) is 11.7. The van der Waals surface area contributed by atoms with E-state index < -0.39 is 0 Å². The third kappa shape index (κ3) is 9.70. The van der Waals surface area contributed by atoms with Crippen LogP contribution in [0.2, 0.25) is 0 Å². The highest BCUT2D eigenvalue weighted by molar-refractivity contribution is 4.78. The predicted molar refractivity (Wildman–Crippen MR) is 56.4 cm³/mol. The van der Waals surface area contributed by atoms with Crippen molar-refractivity contribution in [1.82, 2.24) is 5.32 Å². The van der Waals surface area contributed by atoms with Gasteiger partial charge in [-0.15, -0.1) is 0 Å². The molecular weight excluding hydrogens is 146 g/mol. The lowest BCUT2D eigenvalue weighted by Crippen LogP contribution is -2.14. The number of rotatable bonds is 7. The van der Waals surface area contributed by atoms with Crippen LogP contribution in [0.1, 0.15) is 40.0 Å². The molecule has 0 fully saturated rings. The summed E-state index contributed by atoms with van der Waals surface area (Å²) in [4.78, 5) is 0. The Balaban J connectivity index is 2.91. The van der Waals surface area contributed by atoms with Crippen LogP contribution >= 0.6 is 0 Å². The van der Waals surface area contributed by atoms with Gasteiger partial charge in [0.25, 0.3) is 0 Å². The molecule has 0 aliphatic carbocycles. The lowest BCUT2D eigenvalue weighted by Gasteiger charge is -2.04. The van der Waals surface area contributed by atoms with Gasteiger partial charge in [-0.2, -0.15) is 0 Å². The van der Waals surface area contributed by atoms with Crippen molar-refractivity contribution in [2.45, 2.75) is 40.0 Å². The molecule has 0 saturated heterocycles. The van der Waals surface area contributed by atoms with E-state index >= 15 is 0 Å². The van der Waals surface area contributed by atoms with E-state index in [0.717, 1.165) is 19.0 Å². The van der Waals surface area contributed by atoms with Gasteiger partial charge in [0, 0.05) is 6.54 Å². The maximum Gasteiger partial charge on any atom is 0.0134 e. The number of allylic oxidation sites excluding steroid dienone is 1. The third-order valence-corrected chi connectivity index (χ3v) is 1.88. The molecule has 0 saturated carbocycles. The standard InChI is InChI=1S/C11H23N/c1-4-5-9-12-10-7-6-8-11(2)3/h4-5,11-12H,6-10H2,1-3H3/b5-4+. The molecular formula is C11H23N. The van der Waals surface area contributed by atoms with Crippen LogP contribution < -0.4 is 5.32 Å². The van der Waals surface area contributed by atoms with Crippen molar-refractivity contribution in [3.05, 3.63) is 12.2 Å². The van der Waals surface area contributed by atoms with Crippen molar-refractivity contribution in [1.29, 1.82) is 0 Å². The van der Waals surface area contributed by atoms with Crippen molar-refractivity contribution in [2.24, 2.45) is 5.92 Å². The highest BCUT2D eigenvalue weighted by Gasteiger charge is 1.92. The average molecular weight is 169 g/mol. The normalized spacial score (nSPS) is 11.7. The number of unbranched alkanes of at least 4 members (excludes halogenated alkanes) is 1. The molecule has 0 aromatic heterocycles. The van der Waals surface area contributed by atoms with Gasteiger partial charge in [-0.3, -0.25) is 0 Å². The van der Waals surface area contributed by atoms with Gasteiger partial charge in [0.2, 0.25) is 0 Å². The summed E-state index contributed by atoms with van der Waals surface area (Å²) in [7, 11) is 0. The molecule has 0 heterocycles. The van der Waals surface area contributed by atoms with E-state index in [-0.39, 0.29) is 0 Å². The molecule has 0 spiro atoms. The van der Waals surface area contributed by atoms with Crippen LogP contribution in [0, 0.1) is 5.92 Å². The van der Waals surface area contributed by atoms with Crippen molar-refractivity contribution in [2.75, 3.05) is 13.1 Å². The summed E-state index contributed by atoms with van der Waals surface area (Å²) in [6.45, 7) is 8.82. The maximum atomic E-state index is 3.37. The first-order valence-corrected chi connectivity index (χ1v) is 5.09. The molecule has 0 atom stereocenters. The van der Waals surface area contributed by atoms with E-state index in [4.69, 9.17) is 0 Å². The third-order valence-electron chi connectivity index (χ3n) is 1.88. The molecule has 0 bridgehead atoms. The second-order valence-electron chi connectivity index (χ2n) is 3.66. The van der Waals surface area contributed by atoms with Gasteiger partial charge >= 0.3 is 0 Å². The topological polar surface area (TPSA) is 12.0 Å². The molecule has 72 valence electrons. The zero-order chi connectivity index (χ0) is 9.23. The van der Waals surface area contributed by atoms with Crippen LogP contribution in [0.3, 0.4) is 0 Å². The van der Waals surface area contributed by atoms with Crippen LogP contribution in [0.5, 0.6) is 0 Å². The Morgan fingerprint density at radius 1 is 1.25 bits per heavy atom. The van der Waals surface area contributed by atoms with Gasteiger partial charge in [-0.05, 0) is 25.8 Å². The van der Waals surface area contributed by atoms with Gasteiger partial charge in [0.1, 0.15) is 0 Å². The number of hydrogen-bond acceptors (Lipinski definition) is 1. The molecule has 1 N–H and O–H groups in total.